The van der Waals surface area contributed by atoms with Gasteiger partial charge in [-0.15, -0.1) is 22.7 Å². The van der Waals surface area contributed by atoms with Crippen LogP contribution in [0.5, 0.6) is 0 Å². The monoisotopic (exact) mass is 659 g/mol. The van der Waals surface area contributed by atoms with Gasteiger partial charge in [0.15, 0.2) is 0 Å². The molecule has 0 amide bonds. The Morgan fingerprint density at radius 3 is 1.76 bits per heavy atom. The molecule has 230 valence electrons. The maximum absolute atomic E-state index is 2.41. The van der Waals surface area contributed by atoms with Gasteiger partial charge in [0.05, 0.1) is 5.69 Å². The van der Waals surface area contributed by atoms with Crippen molar-refractivity contribution in [1.29, 1.82) is 0 Å². The van der Waals surface area contributed by atoms with Crippen LogP contribution in [0.25, 0.3) is 73.4 Å². The van der Waals surface area contributed by atoms with Crippen LogP contribution in [-0.2, 0) is 0 Å². The van der Waals surface area contributed by atoms with Gasteiger partial charge in [-0.25, -0.2) is 0 Å². The molecule has 0 bridgehead atoms. The van der Waals surface area contributed by atoms with Crippen LogP contribution in [-0.4, -0.2) is 0 Å². The minimum Gasteiger partial charge on any atom is -0.310 e. The predicted octanol–water partition coefficient (Wildman–Crippen LogP) is 14.4. The summed E-state index contributed by atoms with van der Waals surface area (Å²) in [7, 11) is 0. The molecule has 0 radical (unpaired) electrons. The van der Waals surface area contributed by atoms with Crippen molar-refractivity contribution in [2.45, 2.75) is 0 Å². The van der Waals surface area contributed by atoms with Gasteiger partial charge in [0.2, 0.25) is 0 Å². The highest BCUT2D eigenvalue weighted by Gasteiger charge is 2.19. The molecule has 0 spiro atoms. The summed E-state index contributed by atoms with van der Waals surface area (Å²) in [5.74, 6) is 0. The second-order valence-corrected chi connectivity index (χ2v) is 14.7. The lowest BCUT2D eigenvalue weighted by Gasteiger charge is -2.28. The van der Waals surface area contributed by atoms with Gasteiger partial charge in [-0.05, 0) is 88.1 Å². The Labute approximate surface area is 292 Å². The summed E-state index contributed by atoms with van der Waals surface area (Å²) in [4.78, 5) is 2.41. The highest BCUT2D eigenvalue weighted by molar-refractivity contribution is 7.26. The van der Waals surface area contributed by atoms with Gasteiger partial charge in [-0.1, -0.05) is 115 Å². The number of benzene rings is 8. The lowest BCUT2D eigenvalue weighted by Crippen LogP contribution is -2.11. The summed E-state index contributed by atoms with van der Waals surface area (Å²) in [5.41, 5.74) is 8.27. The average molecular weight is 660 g/mol. The Morgan fingerprint density at radius 2 is 0.918 bits per heavy atom. The Kier molecular flexibility index (Phi) is 6.61. The molecule has 10 rings (SSSR count). The average Bonchev–Trinajstić information content (AvgIpc) is 3.73. The van der Waals surface area contributed by atoms with Crippen molar-refractivity contribution < 1.29 is 0 Å². The highest BCUT2D eigenvalue weighted by Crippen LogP contribution is 2.44. The third-order valence-electron chi connectivity index (χ3n) is 9.66. The molecule has 0 saturated carbocycles. The second kappa shape index (κ2) is 11.5. The molecule has 2 aromatic heterocycles. The first-order valence-corrected chi connectivity index (χ1v) is 18.2. The standard InChI is InChI=1S/C46H29NS2/c1-2-10-32-27-36(24-19-30(32)9-1)47(35-22-17-31(18-23-35)33-20-25-40-38-12-4-7-15-43(38)49-46(40)29-33)42-14-6-3-11-37(42)34-21-26-45-41(28-34)39-13-5-8-16-44(39)48-45/h1-29H. The number of hydrogen-bond donors (Lipinski definition) is 0. The number of fused-ring (bicyclic) bond motifs is 7. The van der Waals surface area contributed by atoms with Crippen LogP contribution < -0.4 is 4.90 Å². The molecular formula is C46H29NS2. The Bertz CT molecular complexity index is 2840. The predicted molar refractivity (Wildman–Crippen MR) is 215 cm³/mol. The minimum absolute atomic E-state index is 1.12. The molecule has 2 heterocycles. The van der Waals surface area contributed by atoms with Crippen molar-refractivity contribution >= 4 is 90.9 Å². The maximum atomic E-state index is 2.41. The van der Waals surface area contributed by atoms with Crippen LogP contribution in [0.2, 0.25) is 0 Å². The van der Waals surface area contributed by atoms with E-state index in [9.17, 15) is 0 Å². The van der Waals surface area contributed by atoms with Crippen LogP contribution in [0.3, 0.4) is 0 Å². The molecule has 0 atom stereocenters. The van der Waals surface area contributed by atoms with E-state index in [1.807, 2.05) is 22.7 Å². The first-order valence-electron chi connectivity index (χ1n) is 16.6. The Balaban J connectivity index is 1.12. The number of anilines is 3. The molecule has 0 aliphatic rings. The van der Waals surface area contributed by atoms with Crippen molar-refractivity contribution in [3.63, 3.8) is 0 Å². The molecule has 0 aliphatic carbocycles. The minimum atomic E-state index is 1.12. The zero-order chi connectivity index (χ0) is 32.3. The van der Waals surface area contributed by atoms with Gasteiger partial charge >= 0.3 is 0 Å². The number of thiophene rings is 2. The van der Waals surface area contributed by atoms with Crippen LogP contribution in [0.1, 0.15) is 0 Å². The lowest BCUT2D eigenvalue weighted by molar-refractivity contribution is 1.29. The van der Waals surface area contributed by atoms with Crippen LogP contribution in [0, 0.1) is 0 Å². The Hall–Kier alpha value is -5.74. The van der Waals surface area contributed by atoms with E-state index in [0.717, 1.165) is 17.1 Å². The molecule has 0 unspecified atom stereocenters. The van der Waals surface area contributed by atoms with E-state index in [2.05, 4.69) is 181 Å². The van der Waals surface area contributed by atoms with Crippen molar-refractivity contribution in [3.05, 3.63) is 176 Å². The number of para-hydroxylation sites is 1. The number of hydrogen-bond acceptors (Lipinski definition) is 3. The quantitative estimate of drug-likeness (QED) is 0.178. The SMILES string of the molecule is c1ccc(N(c2ccc(-c3ccc4c(c3)sc3ccccc34)cc2)c2ccc3ccccc3c2)c(-c2ccc3sc4ccccc4c3c2)c1. The fourth-order valence-corrected chi connectivity index (χ4v) is 9.49. The van der Waals surface area contributed by atoms with Crippen LogP contribution >= 0.6 is 22.7 Å². The molecular weight excluding hydrogens is 631 g/mol. The smallest absolute Gasteiger partial charge is 0.0540 e. The third kappa shape index (κ3) is 4.82. The summed E-state index contributed by atoms with van der Waals surface area (Å²) in [6, 6.07) is 64.5. The Morgan fingerprint density at radius 1 is 0.327 bits per heavy atom. The zero-order valence-electron chi connectivity index (χ0n) is 26.5. The first kappa shape index (κ1) is 28.3. The van der Waals surface area contributed by atoms with Crippen molar-refractivity contribution in [3.8, 4) is 22.3 Å². The maximum Gasteiger partial charge on any atom is 0.0540 e. The first-order chi connectivity index (χ1) is 24.3. The van der Waals surface area contributed by atoms with E-state index in [1.54, 1.807) is 0 Å². The van der Waals surface area contributed by atoms with Gasteiger partial charge in [-0.2, -0.15) is 0 Å². The summed E-state index contributed by atoms with van der Waals surface area (Å²) in [6.45, 7) is 0. The van der Waals surface area contributed by atoms with E-state index < -0.39 is 0 Å². The van der Waals surface area contributed by atoms with Crippen molar-refractivity contribution in [2.24, 2.45) is 0 Å². The van der Waals surface area contributed by atoms with Crippen LogP contribution in [0.4, 0.5) is 17.1 Å². The normalized spacial score (nSPS) is 11.7. The molecule has 0 aliphatic heterocycles. The van der Waals surface area contributed by atoms with Gasteiger partial charge in [-0.3, -0.25) is 0 Å². The summed E-state index contributed by atoms with van der Waals surface area (Å²) in [5, 5.41) is 7.75. The fourth-order valence-electron chi connectivity index (χ4n) is 7.26. The molecule has 0 saturated heterocycles. The highest BCUT2D eigenvalue weighted by atomic mass is 32.1. The van der Waals surface area contributed by atoms with Crippen LogP contribution in [0.15, 0.2) is 176 Å². The van der Waals surface area contributed by atoms with Gasteiger partial charge in [0.25, 0.3) is 0 Å². The van der Waals surface area contributed by atoms with Gasteiger partial charge in [0, 0.05) is 57.3 Å². The molecule has 10 aromatic rings. The lowest BCUT2D eigenvalue weighted by atomic mass is 9.99. The molecule has 0 N–H and O–H groups in total. The fraction of sp³-hybridized carbons (Fsp3) is 0. The molecule has 49 heavy (non-hydrogen) atoms. The topological polar surface area (TPSA) is 3.24 Å². The number of nitrogens with zero attached hydrogens (tertiary/aromatic N) is 1. The largest absolute Gasteiger partial charge is 0.310 e. The third-order valence-corrected chi connectivity index (χ3v) is 11.9. The second-order valence-electron chi connectivity index (χ2n) is 12.5. The van der Waals surface area contributed by atoms with Gasteiger partial charge < -0.3 is 4.90 Å². The molecule has 1 nitrogen and oxygen atoms in total. The van der Waals surface area contributed by atoms with E-state index in [-0.39, 0.29) is 0 Å². The van der Waals surface area contributed by atoms with E-state index >= 15 is 0 Å². The van der Waals surface area contributed by atoms with Crippen molar-refractivity contribution in [1.82, 2.24) is 0 Å². The van der Waals surface area contributed by atoms with E-state index in [4.69, 9.17) is 0 Å². The van der Waals surface area contributed by atoms with Gasteiger partial charge in [0.1, 0.15) is 0 Å². The summed E-state index contributed by atoms with van der Waals surface area (Å²) >= 11 is 3.73. The van der Waals surface area contributed by atoms with Crippen molar-refractivity contribution in [2.75, 3.05) is 4.90 Å². The summed E-state index contributed by atoms with van der Waals surface area (Å²) in [6.07, 6.45) is 0. The molecule has 8 aromatic carbocycles. The number of rotatable bonds is 5. The van der Waals surface area contributed by atoms with E-state index in [0.29, 0.717) is 0 Å². The molecule has 0 fully saturated rings. The summed E-state index contributed by atoms with van der Waals surface area (Å²) < 4.78 is 5.30. The zero-order valence-corrected chi connectivity index (χ0v) is 28.1. The molecule has 3 heteroatoms. The van der Waals surface area contributed by atoms with E-state index in [1.165, 1.54) is 73.4 Å².